The van der Waals surface area contributed by atoms with Crippen molar-refractivity contribution in [1.29, 1.82) is 0 Å². The molecule has 4 nitrogen and oxygen atoms in total. The Kier molecular flexibility index (Phi) is 6.10. The van der Waals surface area contributed by atoms with E-state index in [1.807, 2.05) is 6.92 Å². The van der Waals surface area contributed by atoms with Gasteiger partial charge >= 0.3 is 0 Å². The lowest BCUT2D eigenvalue weighted by molar-refractivity contribution is 0.0979. The predicted octanol–water partition coefficient (Wildman–Crippen LogP) is 2.94. The third-order valence-electron chi connectivity index (χ3n) is 2.91. The van der Waals surface area contributed by atoms with Gasteiger partial charge in [0.25, 0.3) is 0 Å². The van der Waals surface area contributed by atoms with Crippen LogP contribution in [0.25, 0.3) is 0 Å². The maximum absolute atomic E-state index is 12.5. The highest BCUT2D eigenvalue weighted by Gasteiger charge is 2.25. The smallest absolute Gasteiger partial charge is 0.177 e. The van der Waals surface area contributed by atoms with E-state index in [4.69, 9.17) is 14.2 Å². The molecule has 0 aliphatic carbocycles. The standard InChI is InChI=1S/C14H21O4P/c1-5-6-11(19)13(15)12-9(16-2)7-8-10(17-3)14(12)18-4/h7-8,11H,5-6,19H2,1-4H3. The predicted molar refractivity (Wildman–Crippen MR) is 78.8 cm³/mol. The monoisotopic (exact) mass is 284 g/mol. The first-order valence-electron chi connectivity index (χ1n) is 6.19. The topological polar surface area (TPSA) is 44.8 Å². The van der Waals surface area contributed by atoms with Gasteiger partial charge in [-0.2, -0.15) is 0 Å². The Morgan fingerprint density at radius 3 is 2.21 bits per heavy atom. The van der Waals surface area contributed by atoms with Gasteiger partial charge in [0, 0.05) is 5.66 Å². The molecule has 0 radical (unpaired) electrons. The Balaban J connectivity index is 3.32. The minimum absolute atomic E-state index is 0.0144. The average molecular weight is 284 g/mol. The zero-order valence-electron chi connectivity index (χ0n) is 11.9. The lowest BCUT2D eigenvalue weighted by Gasteiger charge is -2.17. The Hall–Kier alpha value is -1.28. The van der Waals surface area contributed by atoms with Crippen molar-refractivity contribution in [3.05, 3.63) is 17.7 Å². The van der Waals surface area contributed by atoms with Crippen LogP contribution in [0.15, 0.2) is 12.1 Å². The lowest BCUT2D eigenvalue weighted by Crippen LogP contribution is -2.16. The van der Waals surface area contributed by atoms with Gasteiger partial charge in [-0.3, -0.25) is 4.79 Å². The van der Waals surface area contributed by atoms with Crippen LogP contribution in [0, 0.1) is 0 Å². The van der Waals surface area contributed by atoms with Gasteiger partial charge in [-0.05, 0) is 18.6 Å². The molecule has 5 heteroatoms. The number of hydrogen-bond acceptors (Lipinski definition) is 4. The largest absolute Gasteiger partial charge is 0.496 e. The number of ketones is 1. The van der Waals surface area contributed by atoms with E-state index in [9.17, 15) is 4.79 Å². The summed E-state index contributed by atoms with van der Waals surface area (Å²) in [5.41, 5.74) is 0.290. The molecule has 2 atom stereocenters. The molecule has 2 unspecified atom stereocenters. The molecular weight excluding hydrogens is 263 g/mol. The number of rotatable bonds is 7. The van der Waals surface area contributed by atoms with Crippen LogP contribution < -0.4 is 14.2 Å². The van der Waals surface area contributed by atoms with Crippen LogP contribution in [0.1, 0.15) is 30.1 Å². The number of Topliss-reactive ketones (excluding diaryl/α,β-unsaturated/α-hetero) is 1. The minimum atomic E-state index is -0.153. The fourth-order valence-electron chi connectivity index (χ4n) is 1.94. The highest BCUT2D eigenvalue weighted by molar-refractivity contribution is 7.19. The van der Waals surface area contributed by atoms with Crippen molar-refractivity contribution in [2.24, 2.45) is 0 Å². The van der Waals surface area contributed by atoms with Crippen LogP contribution in [-0.2, 0) is 0 Å². The molecule has 19 heavy (non-hydrogen) atoms. The first-order chi connectivity index (χ1) is 9.10. The summed E-state index contributed by atoms with van der Waals surface area (Å²) in [6, 6.07) is 3.45. The second kappa shape index (κ2) is 7.34. The van der Waals surface area contributed by atoms with Gasteiger partial charge < -0.3 is 14.2 Å². The number of benzene rings is 1. The number of carbonyl (C=O) groups excluding carboxylic acids is 1. The summed E-state index contributed by atoms with van der Waals surface area (Å²) in [7, 11) is 7.18. The number of methoxy groups -OCH3 is 3. The molecule has 0 bridgehead atoms. The van der Waals surface area contributed by atoms with E-state index < -0.39 is 0 Å². The molecule has 0 saturated heterocycles. The van der Waals surface area contributed by atoms with Crippen LogP contribution in [-0.4, -0.2) is 32.8 Å². The van der Waals surface area contributed by atoms with E-state index in [2.05, 4.69) is 9.24 Å². The normalized spacial score (nSPS) is 11.8. The Bertz CT molecular complexity index is 445. The number of hydrogen-bond donors (Lipinski definition) is 0. The highest BCUT2D eigenvalue weighted by atomic mass is 31.0. The van der Waals surface area contributed by atoms with E-state index in [-0.39, 0.29) is 11.4 Å². The van der Waals surface area contributed by atoms with Gasteiger partial charge in [-0.25, -0.2) is 0 Å². The molecule has 0 heterocycles. The molecule has 0 fully saturated rings. The molecule has 0 aromatic heterocycles. The summed E-state index contributed by atoms with van der Waals surface area (Å²) < 4.78 is 15.8. The van der Waals surface area contributed by atoms with Crippen molar-refractivity contribution in [2.75, 3.05) is 21.3 Å². The van der Waals surface area contributed by atoms with Gasteiger partial charge in [0.1, 0.15) is 11.3 Å². The van der Waals surface area contributed by atoms with Crippen LogP contribution in [0.5, 0.6) is 17.2 Å². The van der Waals surface area contributed by atoms with E-state index in [1.54, 1.807) is 19.2 Å². The first kappa shape index (κ1) is 15.8. The lowest BCUT2D eigenvalue weighted by atomic mass is 10.0. The highest BCUT2D eigenvalue weighted by Crippen LogP contribution is 2.39. The summed E-state index contributed by atoms with van der Waals surface area (Å²) in [4.78, 5) is 12.5. The maximum Gasteiger partial charge on any atom is 0.177 e. The fourth-order valence-corrected chi connectivity index (χ4v) is 2.44. The van der Waals surface area contributed by atoms with Crippen LogP contribution in [0.4, 0.5) is 0 Å². The van der Waals surface area contributed by atoms with Crippen LogP contribution in [0.3, 0.4) is 0 Å². The maximum atomic E-state index is 12.5. The first-order valence-corrected chi connectivity index (χ1v) is 6.86. The van der Waals surface area contributed by atoms with Crippen molar-refractivity contribution in [3.63, 3.8) is 0 Å². The molecule has 106 valence electrons. The molecule has 1 aromatic rings. The Morgan fingerprint density at radius 2 is 1.74 bits per heavy atom. The zero-order valence-corrected chi connectivity index (χ0v) is 13.0. The summed E-state index contributed by atoms with van der Waals surface area (Å²) in [5.74, 6) is 1.45. The van der Waals surface area contributed by atoms with Crippen molar-refractivity contribution >= 4 is 15.0 Å². The van der Waals surface area contributed by atoms with Crippen LogP contribution >= 0.6 is 9.24 Å². The number of carbonyl (C=O) groups is 1. The van der Waals surface area contributed by atoms with Gasteiger partial charge in [0.05, 0.1) is 21.3 Å². The van der Waals surface area contributed by atoms with Crippen molar-refractivity contribution in [3.8, 4) is 17.2 Å². The Morgan fingerprint density at radius 1 is 1.16 bits per heavy atom. The van der Waals surface area contributed by atoms with Gasteiger partial charge in [-0.1, -0.05) is 13.3 Å². The van der Waals surface area contributed by atoms with E-state index >= 15 is 0 Å². The minimum Gasteiger partial charge on any atom is -0.496 e. The second-order valence-electron chi connectivity index (χ2n) is 4.14. The van der Waals surface area contributed by atoms with Gasteiger partial charge in [0.15, 0.2) is 17.3 Å². The second-order valence-corrected chi connectivity index (χ2v) is 4.94. The quantitative estimate of drug-likeness (QED) is 0.570. The molecule has 0 spiro atoms. The SMILES string of the molecule is CCCC(P)C(=O)c1c(OC)ccc(OC)c1OC. The molecule has 0 amide bonds. The molecule has 0 aliphatic rings. The molecule has 1 aromatic carbocycles. The van der Waals surface area contributed by atoms with E-state index in [0.717, 1.165) is 12.8 Å². The Labute approximate surface area is 116 Å². The summed E-state index contributed by atoms with van der Waals surface area (Å²) >= 11 is 0. The van der Waals surface area contributed by atoms with Crippen molar-refractivity contribution < 1.29 is 19.0 Å². The third-order valence-corrected chi connectivity index (χ3v) is 3.55. The summed E-state index contributed by atoms with van der Waals surface area (Å²) in [6.45, 7) is 2.05. The van der Waals surface area contributed by atoms with E-state index in [1.165, 1.54) is 14.2 Å². The van der Waals surface area contributed by atoms with E-state index in [0.29, 0.717) is 22.8 Å². The van der Waals surface area contributed by atoms with Gasteiger partial charge in [0.2, 0.25) is 0 Å². The molecule has 0 N–H and O–H groups in total. The molecule has 0 aliphatic heterocycles. The van der Waals surface area contributed by atoms with Gasteiger partial charge in [-0.15, -0.1) is 9.24 Å². The zero-order chi connectivity index (χ0) is 14.4. The number of ether oxygens (including phenoxy) is 3. The summed E-state index contributed by atoms with van der Waals surface area (Å²) in [5, 5.41) is 0. The summed E-state index contributed by atoms with van der Waals surface area (Å²) in [6.07, 6.45) is 1.74. The molecule has 1 rings (SSSR count). The van der Waals surface area contributed by atoms with Crippen molar-refractivity contribution in [1.82, 2.24) is 0 Å². The molecule has 0 saturated carbocycles. The van der Waals surface area contributed by atoms with Crippen LogP contribution in [0.2, 0.25) is 0 Å². The average Bonchev–Trinajstić information content (AvgIpc) is 2.44. The van der Waals surface area contributed by atoms with Crippen molar-refractivity contribution in [2.45, 2.75) is 25.4 Å². The molecular formula is C14H21O4P. The fraction of sp³-hybridized carbons (Fsp3) is 0.500. The third kappa shape index (κ3) is 3.38.